The van der Waals surface area contributed by atoms with Gasteiger partial charge < -0.3 is 10.1 Å². The Morgan fingerprint density at radius 1 is 1.47 bits per heavy atom. The van der Waals surface area contributed by atoms with E-state index in [0.717, 1.165) is 24.0 Å². The minimum absolute atomic E-state index is 0.284. The van der Waals surface area contributed by atoms with Crippen molar-refractivity contribution in [2.24, 2.45) is 0 Å². The van der Waals surface area contributed by atoms with Crippen LogP contribution < -0.4 is 10.1 Å². The molecule has 0 saturated heterocycles. The second-order valence-electron chi connectivity index (χ2n) is 3.08. The lowest BCUT2D eigenvalue weighted by Crippen LogP contribution is -2.14. The van der Waals surface area contributed by atoms with Crippen molar-refractivity contribution in [2.45, 2.75) is 13.3 Å². The van der Waals surface area contributed by atoms with Crippen LogP contribution in [0.25, 0.3) is 0 Å². The molecular formula is C11H15BrFNO. The lowest BCUT2D eigenvalue weighted by molar-refractivity contribution is 0.321. The fourth-order valence-electron chi connectivity index (χ4n) is 1.27. The molecule has 15 heavy (non-hydrogen) atoms. The van der Waals surface area contributed by atoms with Crippen LogP contribution in [0.3, 0.4) is 0 Å². The van der Waals surface area contributed by atoms with E-state index < -0.39 is 0 Å². The van der Waals surface area contributed by atoms with E-state index in [2.05, 4.69) is 21.2 Å². The molecule has 1 aromatic carbocycles. The first kappa shape index (κ1) is 12.5. The summed E-state index contributed by atoms with van der Waals surface area (Å²) < 4.78 is 18.5. The average Bonchev–Trinajstić information content (AvgIpc) is 2.23. The third kappa shape index (κ3) is 4.18. The molecule has 0 bridgehead atoms. The summed E-state index contributed by atoms with van der Waals surface area (Å²) in [4.78, 5) is 0. The molecule has 0 atom stereocenters. The van der Waals surface area contributed by atoms with Gasteiger partial charge in [-0.1, -0.05) is 22.0 Å². The van der Waals surface area contributed by atoms with E-state index in [0.29, 0.717) is 12.4 Å². The van der Waals surface area contributed by atoms with Crippen LogP contribution in [0.4, 0.5) is 4.39 Å². The largest absolute Gasteiger partial charge is 0.491 e. The van der Waals surface area contributed by atoms with E-state index in [1.165, 1.54) is 6.07 Å². The Bertz CT molecular complexity index is 307. The van der Waals surface area contributed by atoms with E-state index in [9.17, 15) is 4.39 Å². The Morgan fingerprint density at radius 3 is 2.87 bits per heavy atom. The van der Waals surface area contributed by atoms with Crippen molar-refractivity contribution in [3.05, 3.63) is 29.6 Å². The quantitative estimate of drug-likeness (QED) is 0.490. The van der Waals surface area contributed by atoms with Crippen LogP contribution in [-0.2, 0) is 6.42 Å². The number of alkyl halides is 1. The van der Waals surface area contributed by atoms with Gasteiger partial charge in [0, 0.05) is 0 Å². The molecule has 1 aromatic rings. The molecule has 0 aliphatic rings. The van der Waals surface area contributed by atoms with Crippen LogP contribution >= 0.6 is 15.9 Å². The number of ether oxygens (including phenoxy) is 1. The van der Waals surface area contributed by atoms with Crippen LogP contribution in [-0.4, -0.2) is 18.6 Å². The fraction of sp³-hybridized carbons (Fsp3) is 0.455. The molecule has 0 radical (unpaired) electrons. The topological polar surface area (TPSA) is 21.3 Å². The summed E-state index contributed by atoms with van der Waals surface area (Å²) in [5.41, 5.74) is 1.73. The smallest absolute Gasteiger partial charge is 0.165 e. The summed E-state index contributed by atoms with van der Waals surface area (Å²) in [6.45, 7) is 3.16. The Morgan fingerprint density at radius 2 is 2.27 bits per heavy atom. The van der Waals surface area contributed by atoms with Crippen molar-refractivity contribution < 1.29 is 9.13 Å². The predicted molar refractivity (Wildman–Crippen MR) is 63.1 cm³/mol. The van der Waals surface area contributed by atoms with Crippen molar-refractivity contribution in [2.75, 3.05) is 18.6 Å². The Hall–Kier alpha value is -0.610. The summed E-state index contributed by atoms with van der Waals surface area (Å²) in [5.74, 6) is 0.0443. The molecule has 1 rings (SSSR count). The highest BCUT2D eigenvalue weighted by Gasteiger charge is 2.03. The van der Waals surface area contributed by atoms with Crippen molar-refractivity contribution in [1.82, 2.24) is 5.32 Å². The average molecular weight is 276 g/mol. The molecule has 0 saturated carbocycles. The summed E-state index contributed by atoms with van der Waals surface area (Å²) >= 11 is 3.26. The number of hydrogen-bond acceptors (Lipinski definition) is 2. The van der Waals surface area contributed by atoms with Gasteiger partial charge in [0.1, 0.15) is 0 Å². The van der Waals surface area contributed by atoms with Gasteiger partial charge in [0.25, 0.3) is 0 Å². The fourth-order valence-corrected chi connectivity index (χ4v) is 1.55. The summed E-state index contributed by atoms with van der Waals surface area (Å²) in [6, 6.07) is 5.10. The molecule has 0 fully saturated rings. The molecule has 0 aliphatic heterocycles. The molecule has 4 heteroatoms. The van der Waals surface area contributed by atoms with Gasteiger partial charge in [0.15, 0.2) is 11.6 Å². The summed E-state index contributed by atoms with van der Waals surface area (Å²) in [7, 11) is 0. The molecule has 1 N–H and O–H groups in total. The molecule has 0 heterocycles. The van der Waals surface area contributed by atoms with E-state index >= 15 is 0 Å². The zero-order valence-corrected chi connectivity index (χ0v) is 10.3. The third-order valence-electron chi connectivity index (χ3n) is 1.98. The summed E-state index contributed by atoms with van der Waals surface area (Å²) in [5, 5.41) is 3.12. The lowest BCUT2D eigenvalue weighted by Gasteiger charge is -2.06. The molecule has 0 aromatic heterocycles. The monoisotopic (exact) mass is 275 g/mol. The second-order valence-corrected chi connectivity index (χ2v) is 3.64. The first-order valence-electron chi connectivity index (χ1n) is 4.95. The maximum Gasteiger partial charge on any atom is 0.165 e. The molecule has 0 amide bonds. The van der Waals surface area contributed by atoms with E-state index in [-0.39, 0.29) is 5.82 Å². The van der Waals surface area contributed by atoms with Crippen molar-refractivity contribution in [3.63, 3.8) is 0 Å². The molecular weight excluding hydrogens is 261 g/mol. The van der Waals surface area contributed by atoms with Gasteiger partial charge in [0.05, 0.1) is 12.1 Å². The maximum atomic E-state index is 13.4. The molecule has 0 unspecified atom stereocenters. The predicted octanol–water partition coefficient (Wildman–Crippen LogP) is 2.71. The number of benzene rings is 1. The molecule has 0 spiro atoms. The maximum absolute atomic E-state index is 13.4. The first-order valence-corrected chi connectivity index (χ1v) is 6.08. The number of rotatable bonds is 6. The Labute approximate surface area is 98.0 Å². The van der Waals surface area contributed by atoms with Gasteiger partial charge in [-0.05, 0) is 37.6 Å². The Balaban J connectivity index is 2.56. The molecule has 84 valence electrons. The van der Waals surface area contributed by atoms with E-state index in [1.807, 2.05) is 13.0 Å². The first-order chi connectivity index (χ1) is 7.27. The zero-order valence-electron chi connectivity index (χ0n) is 8.72. The van der Waals surface area contributed by atoms with Crippen LogP contribution in [0.5, 0.6) is 5.75 Å². The van der Waals surface area contributed by atoms with Gasteiger partial charge in [-0.25, -0.2) is 4.39 Å². The lowest BCUT2D eigenvalue weighted by atomic mass is 10.1. The molecule has 0 aliphatic carbocycles. The highest BCUT2D eigenvalue weighted by molar-refractivity contribution is 9.09. The highest BCUT2D eigenvalue weighted by atomic mass is 79.9. The third-order valence-corrected chi connectivity index (χ3v) is 2.38. The van der Waals surface area contributed by atoms with Gasteiger partial charge in [-0.2, -0.15) is 0 Å². The van der Waals surface area contributed by atoms with Crippen LogP contribution in [0, 0.1) is 5.82 Å². The minimum Gasteiger partial charge on any atom is -0.491 e. The number of halogens is 2. The van der Waals surface area contributed by atoms with Gasteiger partial charge in [-0.3, -0.25) is 0 Å². The van der Waals surface area contributed by atoms with E-state index in [4.69, 9.17) is 4.74 Å². The summed E-state index contributed by atoms with van der Waals surface area (Å²) in [6.07, 6.45) is 0.814. The van der Waals surface area contributed by atoms with Crippen LogP contribution in [0.15, 0.2) is 18.2 Å². The van der Waals surface area contributed by atoms with Crippen LogP contribution in [0.2, 0.25) is 0 Å². The second kappa shape index (κ2) is 6.80. The number of nitrogens with one attached hydrogen (secondary N) is 1. The zero-order chi connectivity index (χ0) is 11.1. The van der Waals surface area contributed by atoms with Gasteiger partial charge in [0.2, 0.25) is 0 Å². The normalized spacial score (nSPS) is 10.3. The van der Waals surface area contributed by atoms with Crippen molar-refractivity contribution >= 4 is 15.9 Å². The number of hydrogen-bond donors (Lipinski definition) is 1. The van der Waals surface area contributed by atoms with E-state index in [1.54, 1.807) is 6.07 Å². The highest BCUT2D eigenvalue weighted by Crippen LogP contribution is 2.18. The van der Waals surface area contributed by atoms with Gasteiger partial charge in [-0.15, -0.1) is 0 Å². The standard InChI is InChI=1S/C11H15BrFNO/c1-2-15-11-4-3-9(7-10(11)13)5-6-14-8-12/h3-4,7,14H,2,5-6,8H2,1H3. The molecule has 2 nitrogen and oxygen atoms in total. The van der Waals surface area contributed by atoms with Crippen molar-refractivity contribution in [3.8, 4) is 5.75 Å². The van der Waals surface area contributed by atoms with Crippen LogP contribution in [0.1, 0.15) is 12.5 Å². The minimum atomic E-state index is -0.284. The Kier molecular flexibility index (Phi) is 5.65. The van der Waals surface area contributed by atoms with Gasteiger partial charge >= 0.3 is 0 Å². The SMILES string of the molecule is CCOc1ccc(CCNCBr)cc1F. The van der Waals surface area contributed by atoms with Crippen molar-refractivity contribution in [1.29, 1.82) is 0 Å².